The quantitative estimate of drug-likeness (QED) is 0.147. The number of nitrogens with zero attached hydrogens (tertiary/aromatic N) is 2. The van der Waals surface area contributed by atoms with Crippen molar-refractivity contribution in [1.82, 2.24) is 0 Å². The Morgan fingerprint density at radius 2 is 1.44 bits per heavy atom. The molecule has 0 saturated heterocycles. The molecule has 4 aromatic rings. The van der Waals surface area contributed by atoms with Crippen molar-refractivity contribution in [2.75, 3.05) is 0 Å². The molecule has 174 valence electrons. The Kier molecular flexibility index (Phi) is 8.42. The molecule has 0 bridgehead atoms. The van der Waals surface area contributed by atoms with Crippen molar-refractivity contribution in [3.63, 3.8) is 0 Å². The average Bonchev–Trinajstić information content (AvgIpc) is 3.30. The Balaban J connectivity index is 0.000000868. The van der Waals surface area contributed by atoms with Crippen molar-refractivity contribution in [1.29, 1.82) is 0 Å². The van der Waals surface area contributed by atoms with E-state index in [9.17, 15) is 0 Å². The number of halogens is 2. The van der Waals surface area contributed by atoms with E-state index in [1.165, 1.54) is 16.3 Å². The second-order valence-corrected chi connectivity index (χ2v) is 9.91. The molecule has 0 N–H and O–H groups in total. The number of aliphatic imine (C=N–C) groups is 2. The third-order valence-corrected chi connectivity index (χ3v) is 5.77. The Morgan fingerprint density at radius 3 is 2.03 bits per heavy atom. The molecular weight excluding hydrogens is 507 g/mol. The second kappa shape index (κ2) is 11.7. The summed E-state index contributed by atoms with van der Waals surface area (Å²) in [5, 5.41) is 4.62. The van der Waals surface area contributed by atoms with Crippen LogP contribution in [0.4, 0.5) is 5.69 Å². The fraction of sp³-hybridized carbons (Fsp3) is 0.143. The van der Waals surface area contributed by atoms with Gasteiger partial charge in [0.15, 0.2) is 0 Å². The molecule has 3 nitrogen and oxygen atoms in total. The van der Waals surface area contributed by atoms with Crippen molar-refractivity contribution < 1.29 is 17.6 Å². The van der Waals surface area contributed by atoms with E-state index in [4.69, 9.17) is 34.6 Å². The van der Waals surface area contributed by atoms with E-state index in [1.54, 1.807) is 12.4 Å². The van der Waals surface area contributed by atoms with E-state index in [0.29, 0.717) is 11.7 Å². The molecule has 34 heavy (non-hydrogen) atoms. The summed E-state index contributed by atoms with van der Waals surface area (Å²) in [6.07, 6.45) is 8.97. The van der Waals surface area contributed by atoms with Gasteiger partial charge in [0.05, 0.1) is 18.1 Å². The normalized spacial score (nSPS) is 16.2. The summed E-state index contributed by atoms with van der Waals surface area (Å²) >= 11 is 0.194. The molecule has 1 atom stereocenters. The predicted octanol–water partition coefficient (Wildman–Crippen LogP) is 9.00. The zero-order chi connectivity index (χ0) is 23.9. The molecule has 1 aromatic heterocycles. The maximum atomic E-state index is 5.95. The zero-order valence-corrected chi connectivity index (χ0v) is 21.5. The summed E-state index contributed by atoms with van der Waals surface area (Å²) in [5.41, 5.74) is 3.30. The molecule has 0 spiro atoms. The fourth-order valence-electron chi connectivity index (χ4n) is 4.16. The summed E-state index contributed by atoms with van der Waals surface area (Å²) in [6, 6.07) is 22.8. The molecule has 0 saturated carbocycles. The van der Waals surface area contributed by atoms with E-state index in [-0.39, 0.29) is 13.1 Å². The third-order valence-electron chi connectivity index (χ3n) is 5.77. The van der Waals surface area contributed by atoms with Gasteiger partial charge in [-0.05, 0) is 47.9 Å². The standard InChI is InChI=1S/C28H24N2O.2ClH.Fe/c1-19-8-7-9-20(2)27(19)29-17-23-14-15-24(31-23)18-30-28-25-12-5-3-10-21(25)16-22-11-4-6-13-26(22)28;;;/h3-8,10-18,20H,9H2,1-2H3;2*1H;/q;;;+2/p-2. The van der Waals surface area contributed by atoms with Crippen molar-refractivity contribution >= 4 is 59.9 Å². The first-order valence-corrected chi connectivity index (χ1v) is 14.0. The molecule has 1 unspecified atom stereocenters. The molecule has 5 rings (SSSR count). The first kappa shape index (κ1) is 24.5. The van der Waals surface area contributed by atoms with Crippen LogP contribution < -0.4 is 0 Å². The van der Waals surface area contributed by atoms with Crippen molar-refractivity contribution in [3.8, 4) is 0 Å². The fourth-order valence-corrected chi connectivity index (χ4v) is 4.16. The van der Waals surface area contributed by atoms with Crippen LogP contribution in [0.5, 0.6) is 0 Å². The van der Waals surface area contributed by atoms with Gasteiger partial charge >= 0.3 is 33.3 Å². The summed E-state index contributed by atoms with van der Waals surface area (Å²) in [7, 11) is 9.53. The Morgan fingerprint density at radius 1 is 0.882 bits per heavy atom. The van der Waals surface area contributed by atoms with Crippen molar-refractivity contribution in [2.24, 2.45) is 15.9 Å². The number of allylic oxidation sites excluding steroid dienone is 4. The van der Waals surface area contributed by atoms with E-state index < -0.39 is 0 Å². The van der Waals surface area contributed by atoms with Crippen LogP contribution in [0.1, 0.15) is 31.8 Å². The molecule has 0 amide bonds. The topological polar surface area (TPSA) is 37.9 Å². The minimum atomic E-state index is 0.194. The van der Waals surface area contributed by atoms with Gasteiger partial charge in [-0.2, -0.15) is 0 Å². The van der Waals surface area contributed by atoms with E-state index >= 15 is 0 Å². The van der Waals surface area contributed by atoms with E-state index in [2.05, 4.69) is 80.6 Å². The summed E-state index contributed by atoms with van der Waals surface area (Å²) < 4.78 is 5.95. The van der Waals surface area contributed by atoms with Crippen LogP contribution >= 0.6 is 20.2 Å². The van der Waals surface area contributed by atoms with Gasteiger partial charge in [0.1, 0.15) is 11.5 Å². The van der Waals surface area contributed by atoms with Gasteiger partial charge < -0.3 is 4.42 Å². The first-order chi connectivity index (χ1) is 16.6. The summed E-state index contributed by atoms with van der Waals surface area (Å²) in [5.74, 6) is 1.86. The molecule has 0 fully saturated rings. The van der Waals surface area contributed by atoms with Crippen LogP contribution in [0.15, 0.2) is 105 Å². The minimum absolute atomic E-state index is 0.194. The molecular formula is C28H24Cl2FeN2O. The van der Waals surface area contributed by atoms with Crippen LogP contribution in [0, 0.1) is 5.92 Å². The van der Waals surface area contributed by atoms with Gasteiger partial charge in [-0.15, -0.1) is 0 Å². The Labute approximate surface area is 214 Å². The zero-order valence-electron chi connectivity index (χ0n) is 18.9. The van der Waals surface area contributed by atoms with Gasteiger partial charge in [-0.1, -0.05) is 67.6 Å². The average molecular weight is 531 g/mol. The second-order valence-electron chi connectivity index (χ2n) is 8.08. The molecule has 0 aliphatic heterocycles. The van der Waals surface area contributed by atoms with Gasteiger partial charge in [0, 0.05) is 22.4 Å². The van der Waals surface area contributed by atoms with E-state index in [0.717, 1.165) is 34.3 Å². The monoisotopic (exact) mass is 530 g/mol. The molecule has 1 aliphatic carbocycles. The third kappa shape index (κ3) is 5.71. The van der Waals surface area contributed by atoms with Crippen LogP contribution in [-0.4, -0.2) is 12.4 Å². The molecule has 6 heteroatoms. The predicted molar refractivity (Wildman–Crippen MR) is 142 cm³/mol. The number of hydrogen-bond acceptors (Lipinski definition) is 3. The van der Waals surface area contributed by atoms with Crippen LogP contribution in [-0.2, 0) is 13.1 Å². The van der Waals surface area contributed by atoms with Crippen molar-refractivity contribution in [3.05, 3.63) is 102 Å². The SMILES string of the molecule is CC1=C(N=Cc2ccc(C=Nc3c4ccccc4cc4ccccc34)o2)C(C)CC=C1.[Cl][Fe][Cl]. The van der Waals surface area contributed by atoms with Crippen LogP contribution in [0.2, 0.25) is 0 Å². The Hall–Kier alpha value is -2.62. The number of benzene rings is 3. The van der Waals surface area contributed by atoms with Crippen molar-refractivity contribution in [2.45, 2.75) is 20.3 Å². The van der Waals surface area contributed by atoms with E-state index in [1.807, 2.05) is 12.1 Å². The number of fused-ring (bicyclic) bond motifs is 2. The maximum absolute atomic E-state index is 5.95. The number of furan rings is 1. The summed E-state index contributed by atoms with van der Waals surface area (Å²) in [6.45, 7) is 4.31. The number of hydrogen-bond donors (Lipinski definition) is 0. The van der Waals surface area contributed by atoms with Crippen LogP contribution in [0.3, 0.4) is 0 Å². The van der Waals surface area contributed by atoms with Crippen LogP contribution in [0.25, 0.3) is 21.5 Å². The molecule has 3 aromatic carbocycles. The van der Waals surface area contributed by atoms with Gasteiger partial charge in [-0.25, -0.2) is 0 Å². The Bertz CT molecular complexity index is 1360. The van der Waals surface area contributed by atoms with Gasteiger partial charge in [0.2, 0.25) is 0 Å². The number of rotatable bonds is 4. The first-order valence-electron chi connectivity index (χ1n) is 10.9. The molecule has 1 aliphatic rings. The van der Waals surface area contributed by atoms with Gasteiger partial charge in [-0.3, -0.25) is 9.98 Å². The summed E-state index contributed by atoms with van der Waals surface area (Å²) in [4.78, 5) is 9.53. The molecule has 0 radical (unpaired) electrons. The molecule has 1 heterocycles. The van der Waals surface area contributed by atoms with Gasteiger partial charge in [0.25, 0.3) is 0 Å².